The molecule has 1 rings (SSSR count). The number of nitrogens with zero attached hydrogens (tertiary/aromatic N) is 1. The van der Waals surface area contributed by atoms with Gasteiger partial charge in [-0.2, -0.15) is 0 Å². The first kappa shape index (κ1) is 9.92. The third-order valence-electron chi connectivity index (χ3n) is 2.35. The first-order valence-corrected chi connectivity index (χ1v) is 4.64. The Morgan fingerprint density at radius 1 is 1.58 bits per heavy atom. The monoisotopic (exact) mass is 173 g/mol. The largest absolute Gasteiger partial charge is 0.396 e. The van der Waals surface area contributed by atoms with Crippen LogP contribution in [0.15, 0.2) is 0 Å². The zero-order valence-electron chi connectivity index (χ0n) is 7.50. The van der Waals surface area contributed by atoms with E-state index in [4.69, 9.17) is 10.8 Å². The Morgan fingerprint density at radius 3 is 3.08 bits per heavy atom. The molecule has 0 radical (unpaired) electrons. The van der Waals surface area contributed by atoms with Crippen molar-refractivity contribution in [3.63, 3.8) is 0 Å². The minimum atomic E-state index is 0.279. The van der Waals surface area contributed by atoms with E-state index in [0.29, 0.717) is 12.6 Å². The summed E-state index contributed by atoms with van der Waals surface area (Å²) in [4.78, 5) is 2.35. The van der Waals surface area contributed by atoms with Crippen LogP contribution in [0.4, 0.5) is 0 Å². The summed E-state index contributed by atoms with van der Waals surface area (Å²) in [6, 6.07) is 0.463. The number of nitrogens with two attached hydrogens (primary N) is 1. The van der Waals surface area contributed by atoms with Crippen molar-refractivity contribution in [2.75, 3.05) is 39.3 Å². The quantitative estimate of drug-likeness (QED) is 0.489. The molecule has 1 heterocycles. The molecule has 0 aromatic carbocycles. The molecule has 0 aromatic rings. The molecule has 1 unspecified atom stereocenters. The minimum absolute atomic E-state index is 0.279. The lowest BCUT2D eigenvalue weighted by atomic mass is 10.2. The fourth-order valence-electron chi connectivity index (χ4n) is 1.60. The fourth-order valence-corrected chi connectivity index (χ4v) is 1.60. The Kier molecular flexibility index (Phi) is 4.53. The van der Waals surface area contributed by atoms with Crippen LogP contribution in [-0.2, 0) is 0 Å². The maximum absolute atomic E-state index is 8.68. The van der Waals surface area contributed by atoms with Crippen molar-refractivity contribution in [2.45, 2.75) is 12.5 Å². The summed E-state index contributed by atoms with van der Waals surface area (Å²) < 4.78 is 0. The SMILES string of the molecule is NCC1CNCCN1CCCO. The van der Waals surface area contributed by atoms with Gasteiger partial charge in [-0.05, 0) is 6.42 Å². The van der Waals surface area contributed by atoms with Crippen LogP contribution in [0.5, 0.6) is 0 Å². The van der Waals surface area contributed by atoms with Crippen LogP contribution in [0.25, 0.3) is 0 Å². The average molecular weight is 173 g/mol. The zero-order chi connectivity index (χ0) is 8.81. The summed E-state index contributed by atoms with van der Waals surface area (Å²) in [5.74, 6) is 0. The van der Waals surface area contributed by atoms with E-state index in [0.717, 1.165) is 32.6 Å². The van der Waals surface area contributed by atoms with E-state index in [9.17, 15) is 0 Å². The number of piperazine rings is 1. The Balaban J connectivity index is 2.26. The second-order valence-corrected chi connectivity index (χ2v) is 3.21. The van der Waals surface area contributed by atoms with Gasteiger partial charge in [-0.3, -0.25) is 4.90 Å². The van der Waals surface area contributed by atoms with Crippen molar-refractivity contribution in [2.24, 2.45) is 5.73 Å². The van der Waals surface area contributed by atoms with Crippen molar-refractivity contribution < 1.29 is 5.11 Å². The van der Waals surface area contributed by atoms with E-state index < -0.39 is 0 Å². The molecule has 0 spiro atoms. The Labute approximate surface area is 73.7 Å². The lowest BCUT2D eigenvalue weighted by molar-refractivity contribution is 0.150. The van der Waals surface area contributed by atoms with E-state index in [-0.39, 0.29) is 6.61 Å². The van der Waals surface area contributed by atoms with Crippen molar-refractivity contribution in [1.29, 1.82) is 0 Å². The van der Waals surface area contributed by atoms with Gasteiger partial charge in [-0.25, -0.2) is 0 Å². The molecule has 0 aromatic heterocycles. The molecule has 4 nitrogen and oxygen atoms in total. The first-order chi connectivity index (χ1) is 5.88. The van der Waals surface area contributed by atoms with Gasteiger partial charge in [0.15, 0.2) is 0 Å². The third kappa shape index (κ3) is 2.71. The van der Waals surface area contributed by atoms with Crippen LogP contribution < -0.4 is 11.1 Å². The van der Waals surface area contributed by atoms with Crippen molar-refractivity contribution in [3.8, 4) is 0 Å². The first-order valence-electron chi connectivity index (χ1n) is 4.64. The van der Waals surface area contributed by atoms with E-state index in [1.165, 1.54) is 0 Å². The topological polar surface area (TPSA) is 61.5 Å². The van der Waals surface area contributed by atoms with Gasteiger partial charge in [-0.15, -0.1) is 0 Å². The van der Waals surface area contributed by atoms with E-state index >= 15 is 0 Å². The molecule has 1 aliphatic heterocycles. The average Bonchev–Trinajstić information content (AvgIpc) is 2.15. The van der Waals surface area contributed by atoms with Crippen LogP contribution in [0.2, 0.25) is 0 Å². The Bertz CT molecular complexity index is 121. The van der Waals surface area contributed by atoms with Gasteiger partial charge >= 0.3 is 0 Å². The summed E-state index contributed by atoms with van der Waals surface area (Å²) in [6.07, 6.45) is 0.858. The molecule has 1 saturated heterocycles. The molecule has 12 heavy (non-hydrogen) atoms. The third-order valence-corrected chi connectivity index (χ3v) is 2.35. The lowest BCUT2D eigenvalue weighted by Crippen LogP contribution is -2.54. The predicted octanol–water partition coefficient (Wildman–Crippen LogP) is -1.40. The summed E-state index contributed by atoms with van der Waals surface area (Å²) in [5, 5.41) is 12.0. The minimum Gasteiger partial charge on any atom is -0.396 e. The molecule has 0 saturated carbocycles. The highest BCUT2D eigenvalue weighted by Crippen LogP contribution is 2.02. The summed E-state index contributed by atoms with van der Waals surface area (Å²) in [6.45, 7) is 5.05. The summed E-state index contributed by atoms with van der Waals surface area (Å²) in [7, 11) is 0. The molecule has 0 bridgehead atoms. The van der Waals surface area contributed by atoms with Crippen molar-refractivity contribution >= 4 is 0 Å². The Morgan fingerprint density at radius 2 is 2.42 bits per heavy atom. The maximum Gasteiger partial charge on any atom is 0.0443 e. The second kappa shape index (κ2) is 5.48. The van der Waals surface area contributed by atoms with Crippen LogP contribution >= 0.6 is 0 Å². The van der Waals surface area contributed by atoms with Crippen molar-refractivity contribution in [3.05, 3.63) is 0 Å². The number of nitrogens with one attached hydrogen (secondary N) is 1. The smallest absolute Gasteiger partial charge is 0.0443 e. The van der Waals surface area contributed by atoms with Crippen LogP contribution in [-0.4, -0.2) is 55.4 Å². The maximum atomic E-state index is 8.68. The Hall–Kier alpha value is -0.160. The van der Waals surface area contributed by atoms with E-state index in [2.05, 4.69) is 10.2 Å². The molecule has 4 N–H and O–H groups in total. The lowest BCUT2D eigenvalue weighted by Gasteiger charge is -2.35. The van der Waals surface area contributed by atoms with E-state index in [1.807, 2.05) is 0 Å². The number of aliphatic hydroxyl groups excluding tert-OH is 1. The van der Waals surface area contributed by atoms with Crippen LogP contribution in [0, 0.1) is 0 Å². The standard InChI is InChI=1S/C8H19N3O/c9-6-8-7-10-2-4-11(8)3-1-5-12/h8,10,12H,1-7,9H2. The summed E-state index contributed by atoms with van der Waals surface area (Å²) >= 11 is 0. The number of hydrogen-bond acceptors (Lipinski definition) is 4. The number of rotatable bonds is 4. The van der Waals surface area contributed by atoms with Gasteiger partial charge in [0.2, 0.25) is 0 Å². The van der Waals surface area contributed by atoms with Crippen LogP contribution in [0.3, 0.4) is 0 Å². The molecule has 1 fully saturated rings. The highest BCUT2D eigenvalue weighted by molar-refractivity contribution is 4.79. The normalized spacial score (nSPS) is 26.0. The molecular formula is C8H19N3O. The molecule has 4 heteroatoms. The summed E-state index contributed by atoms with van der Waals surface area (Å²) in [5.41, 5.74) is 5.62. The molecule has 1 aliphatic rings. The van der Waals surface area contributed by atoms with Gasteiger partial charge < -0.3 is 16.2 Å². The van der Waals surface area contributed by atoms with Gasteiger partial charge in [-0.1, -0.05) is 0 Å². The predicted molar refractivity (Wildman–Crippen MR) is 49.0 cm³/mol. The van der Waals surface area contributed by atoms with Crippen molar-refractivity contribution in [1.82, 2.24) is 10.2 Å². The molecule has 0 aliphatic carbocycles. The second-order valence-electron chi connectivity index (χ2n) is 3.21. The molecule has 72 valence electrons. The fraction of sp³-hybridized carbons (Fsp3) is 1.00. The highest BCUT2D eigenvalue weighted by Gasteiger charge is 2.19. The van der Waals surface area contributed by atoms with Gasteiger partial charge in [0.25, 0.3) is 0 Å². The van der Waals surface area contributed by atoms with E-state index in [1.54, 1.807) is 0 Å². The molecular weight excluding hydrogens is 154 g/mol. The number of hydrogen-bond donors (Lipinski definition) is 3. The van der Waals surface area contributed by atoms with Crippen LogP contribution in [0.1, 0.15) is 6.42 Å². The van der Waals surface area contributed by atoms with Gasteiger partial charge in [0, 0.05) is 45.4 Å². The van der Waals surface area contributed by atoms with Gasteiger partial charge in [0.05, 0.1) is 0 Å². The molecule has 0 amide bonds. The highest BCUT2D eigenvalue weighted by atomic mass is 16.3. The van der Waals surface area contributed by atoms with Gasteiger partial charge in [0.1, 0.15) is 0 Å². The number of aliphatic hydroxyl groups is 1. The zero-order valence-corrected chi connectivity index (χ0v) is 7.50. The molecule has 1 atom stereocenters.